The molecule has 4 aliphatic carbocycles. The number of ether oxygens (including phenoxy) is 1. The van der Waals surface area contributed by atoms with Gasteiger partial charge < -0.3 is 4.74 Å². The Bertz CT molecular complexity index is 612. The Labute approximate surface area is 120 Å². The molecule has 118 valence electrons. The van der Waals surface area contributed by atoms with Crippen LogP contribution in [0.4, 0.5) is 8.78 Å². The van der Waals surface area contributed by atoms with Crippen LogP contribution in [0.3, 0.4) is 0 Å². The van der Waals surface area contributed by atoms with Crippen LogP contribution in [0.15, 0.2) is 0 Å². The van der Waals surface area contributed by atoms with Crippen LogP contribution in [0.2, 0.25) is 0 Å². The largest absolute Gasteiger partial charge is 0.458 e. The number of rotatable bonds is 4. The fourth-order valence-corrected chi connectivity index (χ4v) is 5.90. The summed E-state index contributed by atoms with van der Waals surface area (Å²) in [5, 5.41) is -4.45. The predicted octanol–water partition coefficient (Wildman–Crippen LogP) is 1.84. The lowest BCUT2D eigenvalue weighted by Gasteiger charge is -2.66. The Balaban J connectivity index is 1.47. The Morgan fingerprint density at radius 3 is 2.24 bits per heavy atom. The summed E-state index contributed by atoms with van der Waals surface area (Å²) in [5.74, 6) is 0.973. The van der Waals surface area contributed by atoms with Crippen LogP contribution in [0, 0.1) is 28.6 Å². The number of carbonyl (C=O) groups is 1. The first-order valence-electron chi connectivity index (χ1n) is 7.13. The third-order valence-corrected chi connectivity index (χ3v) is 7.39. The zero-order chi connectivity index (χ0) is 15.3. The van der Waals surface area contributed by atoms with Crippen molar-refractivity contribution in [2.24, 2.45) is 28.6 Å². The monoisotopic (exact) mass is 322 g/mol. The molecule has 0 aromatic carbocycles. The highest BCUT2D eigenvalue weighted by Crippen LogP contribution is 2.84. The van der Waals surface area contributed by atoms with Gasteiger partial charge in [-0.05, 0) is 55.3 Å². The zero-order valence-electron chi connectivity index (χ0n) is 11.2. The third-order valence-electron chi connectivity index (χ3n) is 6.52. The number of hydrogen-bond acceptors (Lipinski definition) is 4. The molecule has 0 aromatic rings. The predicted molar refractivity (Wildman–Crippen MR) is 65.9 cm³/mol. The molecule has 4 saturated carbocycles. The summed E-state index contributed by atoms with van der Waals surface area (Å²) >= 11 is 0. The van der Waals surface area contributed by atoms with E-state index >= 15 is 0 Å². The molecule has 0 heterocycles. The van der Waals surface area contributed by atoms with Gasteiger partial charge in [0.2, 0.25) is 0 Å². The molecular weight excluding hydrogens is 306 g/mol. The summed E-state index contributed by atoms with van der Waals surface area (Å²) in [4.78, 5) is 12.2. The average Bonchev–Trinajstić information content (AvgIpc) is 2.81. The van der Waals surface area contributed by atoms with Gasteiger partial charge in [0.1, 0.15) is 0 Å². The van der Waals surface area contributed by atoms with E-state index in [1.54, 1.807) is 0 Å². The van der Waals surface area contributed by atoms with Crippen molar-refractivity contribution in [3.63, 3.8) is 0 Å². The normalized spacial score (nSPS) is 46.5. The molecule has 4 aliphatic rings. The highest BCUT2D eigenvalue weighted by molar-refractivity contribution is 7.86. The molecule has 0 saturated heterocycles. The molecule has 0 amide bonds. The van der Waals surface area contributed by atoms with E-state index in [0.717, 1.165) is 12.8 Å². The minimum Gasteiger partial charge on any atom is -0.458 e. The second-order valence-electron chi connectivity index (χ2n) is 7.23. The molecule has 1 N–H and O–H groups in total. The number of esters is 1. The topological polar surface area (TPSA) is 80.7 Å². The number of carbonyl (C=O) groups excluding carboxylic acids is 1. The maximum atomic E-state index is 13.2. The van der Waals surface area contributed by atoms with Gasteiger partial charge in [0, 0.05) is 0 Å². The molecule has 5 nitrogen and oxygen atoms in total. The SMILES string of the molecule is O=C(OCC(F)(F)S(=O)(=O)O)C12CC3CC4CC(C1)C43C2. The summed E-state index contributed by atoms with van der Waals surface area (Å²) < 4.78 is 60.4. The molecule has 4 rings (SSSR count). The second kappa shape index (κ2) is 3.59. The molecular formula is C13H16F2O5S. The zero-order valence-corrected chi connectivity index (χ0v) is 12.0. The molecule has 0 aromatic heterocycles. The lowest BCUT2D eigenvalue weighted by Crippen LogP contribution is -2.59. The van der Waals surface area contributed by atoms with Crippen LogP contribution in [0.25, 0.3) is 0 Å². The maximum absolute atomic E-state index is 13.2. The molecule has 8 heteroatoms. The lowest BCUT2D eigenvalue weighted by molar-refractivity contribution is -0.182. The minimum atomic E-state index is -5.56. The van der Waals surface area contributed by atoms with Crippen molar-refractivity contribution < 1.29 is 31.3 Å². The van der Waals surface area contributed by atoms with Crippen LogP contribution in [0.5, 0.6) is 0 Å². The molecule has 21 heavy (non-hydrogen) atoms. The van der Waals surface area contributed by atoms with E-state index in [0.29, 0.717) is 37.0 Å². The maximum Gasteiger partial charge on any atom is 0.402 e. The number of hydrogen-bond donors (Lipinski definition) is 1. The van der Waals surface area contributed by atoms with Gasteiger partial charge in [-0.25, -0.2) is 0 Å². The van der Waals surface area contributed by atoms with Gasteiger partial charge in [0.05, 0.1) is 5.41 Å². The quantitative estimate of drug-likeness (QED) is 0.631. The van der Waals surface area contributed by atoms with Crippen molar-refractivity contribution in [2.45, 2.75) is 37.4 Å². The van der Waals surface area contributed by atoms with E-state index in [4.69, 9.17) is 4.55 Å². The van der Waals surface area contributed by atoms with E-state index in [1.165, 1.54) is 0 Å². The van der Waals surface area contributed by atoms with Crippen LogP contribution in [-0.4, -0.2) is 30.8 Å². The van der Waals surface area contributed by atoms with Crippen LogP contribution < -0.4 is 0 Å². The molecule has 4 fully saturated rings. The summed E-state index contributed by atoms with van der Waals surface area (Å²) in [6.45, 7) is -1.61. The molecule has 0 aliphatic heterocycles. The van der Waals surface area contributed by atoms with Crippen molar-refractivity contribution >= 4 is 16.1 Å². The molecule has 1 spiro atoms. The first-order chi connectivity index (χ1) is 9.61. The second-order valence-corrected chi connectivity index (χ2v) is 8.78. The minimum absolute atomic E-state index is 0.255. The smallest absolute Gasteiger partial charge is 0.402 e. The molecule has 2 atom stereocenters. The van der Waals surface area contributed by atoms with Crippen LogP contribution >= 0.6 is 0 Å². The van der Waals surface area contributed by atoms with Crippen LogP contribution in [-0.2, 0) is 19.6 Å². The molecule has 2 bridgehead atoms. The Kier molecular flexibility index (Phi) is 2.37. The van der Waals surface area contributed by atoms with Crippen molar-refractivity contribution in [3.05, 3.63) is 0 Å². The van der Waals surface area contributed by atoms with Gasteiger partial charge in [-0.15, -0.1) is 0 Å². The molecule has 2 unspecified atom stereocenters. The van der Waals surface area contributed by atoms with E-state index < -0.39 is 33.4 Å². The highest BCUT2D eigenvalue weighted by Gasteiger charge is 2.79. The van der Waals surface area contributed by atoms with Gasteiger partial charge in [-0.1, -0.05) is 0 Å². The van der Waals surface area contributed by atoms with Gasteiger partial charge in [-0.3, -0.25) is 9.35 Å². The number of fused-ring (bicyclic) bond motifs is 1. The van der Waals surface area contributed by atoms with Crippen molar-refractivity contribution in [1.82, 2.24) is 0 Å². The number of halogens is 2. The summed E-state index contributed by atoms with van der Waals surface area (Å²) in [5.41, 5.74) is -0.444. The van der Waals surface area contributed by atoms with Gasteiger partial charge in [0.25, 0.3) is 0 Å². The fraction of sp³-hybridized carbons (Fsp3) is 0.923. The third kappa shape index (κ3) is 1.48. The van der Waals surface area contributed by atoms with Crippen LogP contribution in [0.1, 0.15) is 32.1 Å². The highest BCUT2D eigenvalue weighted by atomic mass is 32.2. The fourth-order valence-electron chi connectivity index (χ4n) is 5.69. The lowest BCUT2D eigenvalue weighted by atomic mass is 9.38. The summed E-state index contributed by atoms with van der Waals surface area (Å²) in [6, 6.07) is 0. The van der Waals surface area contributed by atoms with Crippen molar-refractivity contribution in [3.8, 4) is 0 Å². The van der Waals surface area contributed by atoms with E-state index in [9.17, 15) is 22.0 Å². The van der Waals surface area contributed by atoms with Crippen molar-refractivity contribution in [1.29, 1.82) is 0 Å². The van der Waals surface area contributed by atoms with Gasteiger partial charge in [-0.2, -0.15) is 17.2 Å². The van der Waals surface area contributed by atoms with Gasteiger partial charge in [0.15, 0.2) is 6.61 Å². The van der Waals surface area contributed by atoms with E-state index in [-0.39, 0.29) is 5.41 Å². The Hall–Kier alpha value is -0.760. The summed E-state index contributed by atoms with van der Waals surface area (Å²) in [7, 11) is -5.56. The van der Waals surface area contributed by atoms with E-state index in [2.05, 4.69) is 4.74 Å². The first-order valence-corrected chi connectivity index (χ1v) is 8.57. The number of alkyl halides is 2. The standard InChI is InChI=1S/C13H16F2O5S/c14-13(15,21(17,18)19)6-20-10(16)11-3-8-1-7-2-9(4-11)12(7,8)5-11/h7-9H,1-6H2,(H,17,18,19). The summed E-state index contributed by atoms with van der Waals surface area (Å²) in [6.07, 6.45) is 4.29. The van der Waals surface area contributed by atoms with E-state index in [1.807, 2.05) is 0 Å². The van der Waals surface area contributed by atoms with Crippen molar-refractivity contribution in [2.75, 3.05) is 6.61 Å². The molecule has 0 radical (unpaired) electrons. The Morgan fingerprint density at radius 1 is 1.24 bits per heavy atom. The first kappa shape index (κ1) is 13.9. The van der Waals surface area contributed by atoms with Gasteiger partial charge >= 0.3 is 21.3 Å². The Morgan fingerprint density at radius 2 is 1.81 bits per heavy atom. The average molecular weight is 322 g/mol.